The van der Waals surface area contributed by atoms with Crippen LogP contribution in [0.25, 0.3) is 32.9 Å². The molecule has 1 aliphatic carbocycles. The summed E-state index contributed by atoms with van der Waals surface area (Å²) in [6, 6.07) is 5.25. The summed E-state index contributed by atoms with van der Waals surface area (Å²) in [6.45, 7) is 9.28. The van der Waals surface area contributed by atoms with E-state index in [2.05, 4.69) is 49.1 Å². The maximum absolute atomic E-state index is 16.0. The summed E-state index contributed by atoms with van der Waals surface area (Å²) >= 11 is 0. The minimum Gasteiger partial charge on any atom is -0.508 e. The van der Waals surface area contributed by atoms with Gasteiger partial charge in [-0.1, -0.05) is 51.0 Å². The number of H-pyrrole nitrogens is 1. The zero-order valence-corrected chi connectivity index (χ0v) is 34.8. The number of nitrogens with zero attached hydrogens (tertiary/aromatic N) is 5. The van der Waals surface area contributed by atoms with Crippen LogP contribution in [0.5, 0.6) is 5.75 Å². The topological polar surface area (TPSA) is 141 Å². The van der Waals surface area contributed by atoms with Crippen LogP contribution >= 0.6 is 0 Å². The summed E-state index contributed by atoms with van der Waals surface area (Å²) in [7, 11) is 1.47. The molecule has 6 heterocycles. The van der Waals surface area contributed by atoms with Gasteiger partial charge in [-0.25, -0.2) is 18.0 Å². The summed E-state index contributed by atoms with van der Waals surface area (Å²) in [4.78, 5) is 50.3. The van der Waals surface area contributed by atoms with E-state index >= 15 is 4.39 Å². The number of amides is 1. The second-order valence-electron chi connectivity index (χ2n) is 16.7. The standard InChI is InChI=1S/C26H19F2N5O3.C8H14FN.C7H14.C4H8O3/c1-2-17-20(27)6-3-13-7-16(35)8-18(21(13)17)23-22(28)24-19(9-29-23)25(31-26(36)30-24)32-10-14-4-5-15(11-32)33(14)12-34;1-8-3-2-4-10(8)6-7(9)5-8;1-7-5-3-2-4-6-7;1-4(6-2)7-3-5/h1,3,6-9,12,14-15,35H,4-5,10-11H2,(H,30,31,36);7H,2-6H2,1H3;7H,2-6H2,1H3;3-4H,1-2H3/t;7-,8+;;/m.1../s1. The molecule has 60 heavy (non-hydrogen) atoms. The van der Waals surface area contributed by atoms with Gasteiger partial charge in [-0.2, -0.15) is 4.98 Å². The lowest BCUT2D eigenvalue weighted by Crippen LogP contribution is -2.53. The third kappa shape index (κ3) is 9.71. The Hall–Kier alpha value is -5.20. The van der Waals surface area contributed by atoms with Crippen molar-refractivity contribution in [1.82, 2.24) is 24.8 Å². The molecule has 5 aliphatic rings. The van der Waals surface area contributed by atoms with Crippen molar-refractivity contribution in [2.75, 3.05) is 38.2 Å². The summed E-state index contributed by atoms with van der Waals surface area (Å²) in [5.41, 5.74) is -0.821. The number of nitrogens with one attached hydrogen (secondary N) is 1. The fraction of sp³-hybridized carbons (Fsp3) is 0.533. The first-order valence-corrected chi connectivity index (χ1v) is 20.8. The number of halogens is 3. The number of alkyl halides is 1. The van der Waals surface area contributed by atoms with Crippen molar-refractivity contribution in [1.29, 1.82) is 0 Å². The number of aromatic nitrogens is 3. The summed E-state index contributed by atoms with van der Waals surface area (Å²) in [6.07, 6.45) is 19.2. The number of aromatic hydroxyl groups is 1. The normalized spacial score (nSPS) is 23.9. The number of carbonyl (C=O) groups is 2. The van der Waals surface area contributed by atoms with Gasteiger partial charge in [0.05, 0.1) is 16.5 Å². The highest BCUT2D eigenvalue weighted by Crippen LogP contribution is 2.40. The molecule has 4 saturated heterocycles. The molecule has 5 atom stereocenters. The van der Waals surface area contributed by atoms with E-state index in [-0.39, 0.29) is 56.9 Å². The lowest BCUT2D eigenvalue weighted by Gasteiger charge is -2.39. The highest BCUT2D eigenvalue weighted by molar-refractivity contribution is 6.03. The molecule has 5 fully saturated rings. The first-order chi connectivity index (χ1) is 28.8. The Bertz CT molecular complexity index is 2250. The number of methoxy groups -OCH3 is 1. The van der Waals surface area contributed by atoms with Crippen LogP contribution in [0.3, 0.4) is 0 Å². The number of hydrogen-bond donors (Lipinski definition) is 2. The molecule has 2 aromatic heterocycles. The number of benzene rings is 2. The molecule has 2 N–H and O–H groups in total. The highest BCUT2D eigenvalue weighted by Gasteiger charge is 2.45. The molecule has 4 aromatic rings. The lowest BCUT2D eigenvalue weighted by molar-refractivity contribution is -0.153. The Morgan fingerprint density at radius 2 is 1.78 bits per heavy atom. The number of phenolic OH excluding ortho intramolecular Hbond substituents is 1. The first kappa shape index (κ1) is 44.4. The van der Waals surface area contributed by atoms with Crippen LogP contribution in [0.2, 0.25) is 0 Å². The largest absolute Gasteiger partial charge is 0.508 e. The zero-order chi connectivity index (χ0) is 43.1. The van der Waals surface area contributed by atoms with Crippen LogP contribution in [0, 0.1) is 29.9 Å². The molecule has 4 aliphatic heterocycles. The molecule has 3 unspecified atom stereocenters. The molecule has 2 aromatic carbocycles. The van der Waals surface area contributed by atoms with E-state index in [1.807, 2.05) is 4.90 Å². The van der Waals surface area contributed by atoms with E-state index in [4.69, 9.17) is 6.42 Å². The Labute approximate surface area is 348 Å². The number of fused-ring (bicyclic) bond motifs is 5. The highest BCUT2D eigenvalue weighted by atomic mass is 19.1. The van der Waals surface area contributed by atoms with E-state index in [0.717, 1.165) is 38.1 Å². The molecular formula is C45H55F3N6O6. The van der Waals surface area contributed by atoms with E-state index in [0.29, 0.717) is 36.9 Å². The molecule has 15 heteroatoms. The molecule has 322 valence electrons. The summed E-state index contributed by atoms with van der Waals surface area (Å²) < 4.78 is 52.2. The number of piperazine rings is 1. The zero-order valence-electron chi connectivity index (χ0n) is 34.8. The van der Waals surface area contributed by atoms with E-state index in [9.17, 15) is 28.3 Å². The van der Waals surface area contributed by atoms with Crippen molar-refractivity contribution in [2.45, 2.75) is 115 Å². The quantitative estimate of drug-likeness (QED) is 0.116. The van der Waals surface area contributed by atoms with Gasteiger partial charge in [0.1, 0.15) is 29.3 Å². The molecule has 1 amide bonds. The van der Waals surface area contributed by atoms with Crippen molar-refractivity contribution in [3.05, 3.63) is 58.1 Å². The van der Waals surface area contributed by atoms with Gasteiger partial charge in [0.25, 0.3) is 6.47 Å². The van der Waals surface area contributed by atoms with Gasteiger partial charge in [-0.3, -0.25) is 19.5 Å². The number of anilines is 1. The third-order valence-corrected chi connectivity index (χ3v) is 12.6. The minimum atomic E-state index is -0.859. The predicted octanol–water partition coefficient (Wildman–Crippen LogP) is 7.23. The fourth-order valence-electron chi connectivity index (χ4n) is 9.38. The number of rotatable bonds is 6. The molecular weight excluding hydrogens is 778 g/mol. The number of pyridine rings is 1. The van der Waals surface area contributed by atoms with Crippen molar-refractivity contribution >= 4 is 40.4 Å². The van der Waals surface area contributed by atoms with Gasteiger partial charge in [0.15, 0.2) is 12.1 Å². The average molecular weight is 833 g/mol. The van der Waals surface area contributed by atoms with Crippen molar-refractivity contribution in [2.24, 2.45) is 5.92 Å². The number of terminal acetylenes is 1. The lowest BCUT2D eigenvalue weighted by atomic mass is 9.91. The number of hydrogen-bond acceptors (Lipinski definition) is 10. The number of ether oxygens (including phenoxy) is 2. The monoisotopic (exact) mass is 832 g/mol. The maximum atomic E-state index is 16.0. The Morgan fingerprint density at radius 1 is 1.07 bits per heavy atom. The van der Waals surface area contributed by atoms with Crippen molar-refractivity contribution < 1.29 is 37.3 Å². The molecule has 1 saturated carbocycles. The second kappa shape index (κ2) is 19.5. The Kier molecular flexibility index (Phi) is 14.4. The van der Waals surface area contributed by atoms with Gasteiger partial charge < -0.3 is 29.4 Å². The van der Waals surface area contributed by atoms with E-state index < -0.39 is 29.8 Å². The van der Waals surface area contributed by atoms with Crippen LogP contribution < -0.4 is 10.6 Å². The van der Waals surface area contributed by atoms with Gasteiger partial charge >= 0.3 is 5.69 Å². The fourth-order valence-corrected chi connectivity index (χ4v) is 9.38. The maximum Gasteiger partial charge on any atom is 0.347 e. The second-order valence-corrected chi connectivity index (χ2v) is 16.7. The number of phenols is 1. The van der Waals surface area contributed by atoms with Crippen LogP contribution in [0.15, 0.2) is 35.3 Å². The Balaban J connectivity index is 0.000000202. The molecule has 0 spiro atoms. The van der Waals surface area contributed by atoms with Crippen LogP contribution in [0.1, 0.15) is 90.5 Å². The smallest absolute Gasteiger partial charge is 0.347 e. The van der Waals surface area contributed by atoms with Gasteiger partial charge in [-0.15, -0.1) is 6.42 Å². The minimum absolute atomic E-state index is 0.00907. The van der Waals surface area contributed by atoms with Crippen molar-refractivity contribution in [3.63, 3.8) is 0 Å². The van der Waals surface area contributed by atoms with E-state index in [1.165, 1.54) is 82.5 Å². The van der Waals surface area contributed by atoms with Crippen LogP contribution in [-0.2, 0) is 19.1 Å². The van der Waals surface area contributed by atoms with Crippen LogP contribution in [-0.4, -0.2) is 106 Å². The van der Waals surface area contributed by atoms with Crippen LogP contribution in [0.4, 0.5) is 19.0 Å². The number of aromatic amines is 1. The predicted molar refractivity (Wildman–Crippen MR) is 224 cm³/mol. The molecule has 9 rings (SSSR count). The van der Waals surface area contributed by atoms with Gasteiger partial charge in [0.2, 0.25) is 6.41 Å². The summed E-state index contributed by atoms with van der Waals surface area (Å²) in [5, 5.41) is 11.2. The third-order valence-electron chi connectivity index (χ3n) is 12.6. The number of carbonyl (C=O) groups excluding carboxylic acids is 2. The van der Waals surface area contributed by atoms with Gasteiger partial charge in [0, 0.05) is 61.5 Å². The van der Waals surface area contributed by atoms with Crippen molar-refractivity contribution in [3.8, 4) is 29.4 Å². The molecule has 2 bridgehead atoms. The van der Waals surface area contributed by atoms with Gasteiger partial charge in [-0.05, 0) is 82.0 Å². The first-order valence-electron chi connectivity index (χ1n) is 20.8. The molecule has 0 radical (unpaired) electrons. The van der Waals surface area contributed by atoms with E-state index in [1.54, 1.807) is 11.8 Å². The Morgan fingerprint density at radius 3 is 2.37 bits per heavy atom. The summed E-state index contributed by atoms with van der Waals surface area (Å²) in [5.74, 6) is 1.91. The SMILES string of the molecule is C#Cc1c(F)ccc2cc(O)cc(-c3ncc4c(N5CC6CCC(C5)N6C=O)nc(=O)[nH]c4c3F)c12.CC1CCCCC1.COC(C)OC=O.C[C@@]12CCCN1C[C@H](F)C2. The molecule has 12 nitrogen and oxygen atoms in total. The average Bonchev–Trinajstić information content (AvgIpc) is 3.82.